The number of aromatic nitrogens is 4. The monoisotopic (exact) mass is 1030 g/mol. The van der Waals surface area contributed by atoms with Gasteiger partial charge in [-0.15, -0.1) is 18.2 Å². The fraction of sp³-hybridized carbons (Fsp3) is 0.130. The second kappa shape index (κ2) is 18.0. The molecule has 7 heteroatoms. The Kier molecular flexibility index (Phi) is 12.3. The minimum atomic E-state index is -1.72. The summed E-state index contributed by atoms with van der Waals surface area (Å²) in [5.74, 6) is 8.43. The molecule has 0 atom stereocenters. The van der Waals surface area contributed by atoms with Gasteiger partial charge in [0.1, 0.15) is 0 Å². The fourth-order valence-corrected chi connectivity index (χ4v) is 9.99. The molecule has 0 amide bonds. The average molecular weight is 1030 g/mol. The molecule has 0 unspecified atom stereocenters. The van der Waals surface area contributed by atoms with Crippen molar-refractivity contribution in [1.29, 1.82) is 0 Å². The van der Waals surface area contributed by atoms with Crippen LogP contribution in [-0.2, 0) is 26.5 Å². The zero-order valence-corrected chi connectivity index (χ0v) is 39.5. The smallest absolute Gasteiger partial charge is 0 e. The maximum Gasteiger partial charge on any atom is 0 e. The molecule has 0 saturated heterocycles. The van der Waals surface area contributed by atoms with E-state index < -0.39 is 13.3 Å². The number of hydrogen-bond donors (Lipinski definition) is 0. The molecule has 10 rings (SSSR count). The molecule has 4 aromatic heterocycles. The van der Waals surface area contributed by atoms with E-state index in [9.17, 15) is 0 Å². The van der Waals surface area contributed by atoms with Crippen molar-refractivity contribution in [2.75, 3.05) is 0 Å². The zero-order chi connectivity index (χ0) is 41.2. The average Bonchev–Trinajstić information content (AvgIpc) is 3.85. The molecule has 4 heterocycles. The summed E-state index contributed by atoms with van der Waals surface area (Å²) in [5.41, 5.74) is 12.8. The van der Waals surface area contributed by atoms with Crippen molar-refractivity contribution in [3.63, 3.8) is 0 Å². The molecular formula is C54H46GeIrN4O-2. The van der Waals surface area contributed by atoms with Crippen molar-refractivity contribution in [2.45, 2.75) is 37.5 Å². The van der Waals surface area contributed by atoms with Gasteiger partial charge < -0.3 is 8.98 Å². The van der Waals surface area contributed by atoms with Crippen LogP contribution in [0.3, 0.4) is 0 Å². The minimum Gasteiger partial charge on any atom is 0 e. The van der Waals surface area contributed by atoms with Crippen LogP contribution < -0.4 is 4.40 Å². The fourth-order valence-electron chi connectivity index (χ4n) is 7.81. The summed E-state index contributed by atoms with van der Waals surface area (Å²) in [7, 11) is 0. The van der Waals surface area contributed by atoms with Crippen LogP contribution in [0.2, 0.25) is 17.3 Å². The molecule has 61 heavy (non-hydrogen) atoms. The van der Waals surface area contributed by atoms with E-state index in [0.717, 1.165) is 90.1 Å². The Morgan fingerprint density at radius 1 is 0.639 bits per heavy atom. The first-order valence-corrected chi connectivity index (χ1v) is 28.0. The molecule has 5 nitrogen and oxygen atoms in total. The second-order valence-corrected chi connectivity index (χ2v) is 27.3. The summed E-state index contributed by atoms with van der Waals surface area (Å²) >= 11 is -1.72. The van der Waals surface area contributed by atoms with Crippen LogP contribution in [0.25, 0.3) is 83.7 Å². The molecule has 10 aromatic rings. The van der Waals surface area contributed by atoms with Crippen LogP contribution in [0, 0.1) is 18.1 Å². The number of fused-ring (bicyclic) bond motifs is 4. The number of pyridine rings is 2. The maximum absolute atomic E-state index is 6.58. The number of rotatable bonds is 8. The van der Waals surface area contributed by atoms with Gasteiger partial charge in [0.15, 0.2) is 0 Å². The third-order valence-corrected chi connectivity index (χ3v) is 15.1. The summed E-state index contributed by atoms with van der Waals surface area (Å²) in [6, 6.07) is 63.3. The molecule has 0 aliphatic carbocycles. The van der Waals surface area contributed by atoms with Crippen LogP contribution in [0.5, 0.6) is 0 Å². The van der Waals surface area contributed by atoms with Crippen molar-refractivity contribution >= 4 is 50.8 Å². The van der Waals surface area contributed by atoms with E-state index in [-0.39, 0.29) is 20.1 Å². The van der Waals surface area contributed by atoms with Crippen LogP contribution in [0.1, 0.15) is 19.5 Å². The molecule has 0 fully saturated rings. The molecule has 0 aliphatic rings. The summed E-state index contributed by atoms with van der Waals surface area (Å²) in [6.45, 7) is 4.41. The van der Waals surface area contributed by atoms with Gasteiger partial charge in [-0.2, -0.15) is 0 Å². The third-order valence-electron chi connectivity index (χ3n) is 10.8. The molecule has 303 valence electrons. The van der Waals surface area contributed by atoms with Gasteiger partial charge in [0.25, 0.3) is 0 Å². The van der Waals surface area contributed by atoms with Crippen molar-refractivity contribution in [3.05, 3.63) is 188 Å². The number of hydrogen-bond acceptors (Lipinski definition) is 4. The predicted molar refractivity (Wildman–Crippen MR) is 251 cm³/mol. The van der Waals surface area contributed by atoms with Crippen molar-refractivity contribution in [3.8, 4) is 50.6 Å². The molecular weight excluding hydrogens is 985 g/mol. The summed E-state index contributed by atoms with van der Waals surface area (Å²) in [5, 5.41) is 2.01. The van der Waals surface area contributed by atoms with Crippen LogP contribution in [-0.4, -0.2) is 32.8 Å². The van der Waals surface area contributed by atoms with E-state index in [0.29, 0.717) is 11.6 Å². The first-order chi connectivity index (χ1) is 29.2. The first kappa shape index (κ1) is 41.8. The Hall–Kier alpha value is -5.92. The third kappa shape index (κ3) is 8.67. The van der Waals surface area contributed by atoms with Gasteiger partial charge in [0.2, 0.25) is 5.71 Å². The maximum atomic E-state index is 6.58. The normalized spacial score (nSPS) is 11.4. The Morgan fingerprint density at radius 2 is 1.33 bits per heavy atom. The van der Waals surface area contributed by atoms with E-state index in [4.69, 9.17) is 14.4 Å². The molecule has 1 radical (unpaired) electrons. The minimum absolute atomic E-state index is 0. The molecule has 0 saturated carbocycles. The Labute approximate surface area is 374 Å². The van der Waals surface area contributed by atoms with E-state index in [1.807, 2.05) is 42.6 Å². The Morgan fingerprint density at radius 3 is 1.97 bits per heavy atom. The summed E-state index contributed by atoms with van der Waals surface area (Å²) in [4.78, 5) is 14.7. The van der Waals surface area contributed by atoms with Crippen molar-refractivity contribution in [2.24, 2.45) is 5.92 Å². The standard InChI is InChI=1S/C40H30N3O.C14H16GeN.Ir/c1-26(2)25-29-23-24-33-32-19-12-20-34(38(32)44-40(33)41-29)39-42-35-21-9-10-22-36(35)43(39)37-30(27-13-5-3-6-14-27)17-11-18-31(37)28-15-7-4-8-16-28;1-15(2,3)13-9-10-14(16-11-13)12-7-5-4-6-8-12;/h3-19,21-24,26H,25H2,1-2H3;4-7,9-11H,1-3H3;/q2*-1;. The van der Waals surface area contributed by atoms with Gasteiger partial charge >= 0.3 is 99.8 Å². The van der Waals surface area contributed by atoms with Gasteiger partial charge in [-0.1, -0.05) is 116 Å². The van der Waals surface area contributed by atoms with Gasteiger partial charge in [-0.05, 0) is 47.7 Å². The summed E-state index contributed by atoms with van der Waals surface area (Å²) < 4.78 is 10.3. The van der Waals surface area contributed by atoms with Gasteiger partial charge in [-0.25, -0.2) is 4.98 Å². The van der Waals surface area contributed by atoms with Crippen molar-refractivity contribution < 1.29 is 24.5 Å². The van der Waals surface area contributed by atoms with Crippen LogP contribution in [0.15, 0.2) is 174 Å². The van der Waals surface area contributed by atoms with E-state index >= 15 is 0 Å². The number of imidazole rings is 1. The van der Waals surface area contributed by atoms with Gasteiger partial charge in [-0.3, -0.25) is 4.98 Å². The van der Waals surface area contributed by atoms with Crippen LogP contribution >= 0.6 is 0 Å². The molecule has 6 aromatic carbocycles. The topological polar surface area (TPSA) is 56.7 Å². The number of nitrogens with zero attached hydrogens (tertiary/aromatic N) is 4. The van der Waals surface area contributed by atoms with Gasteiger partial charge in [0.05, 0.1) is 28.1 Å². The Balaban J connectivity index is 0.000000255. The van der Waals surface area contributed by atoms with Crippen molar-refractivity contribution in [1.82, 2.24) is 19.5 Å². The molecule has 0 N–H and O–H groups in total. The second-order valence-electron chi connectivity index (χ2n) is 16.6. The summed E-state index contributed by atoms with van der Waals surface area (Å²) in [6.07, 6.45) is 2.94. The largest absolute Gasteiger partial charge is 0 e. The Bertz CT molecular complexity index is 3000. The van der Waals surface area contributed by atoms with E-state index in [1.54, 1.807) is 0 Å². The predicted octanol–water partition coefficient (Wildman–Crippen LogP) is 13.4. The quantitative estimate of drug-likeness (QED) is 0.112. The molecule has 0 bridgehead atoms. The zero-order valence-electron chi connectivity index (χ0n) is 35.0. The molecule has 0 spiro atoms. The molecule has 0 aliphatic heterocycles. The number of benzene rings is 6. The van der Waals surface area contributed by atoms with E-state index in [1.165, 1.54) is 4.40 Å². The van der Waals surface area contributed by atoms with E-state index in [2.05, 4.69) is 180 Å². The number of furan rings is 1. The van der Waals surface area contributed by atoms with Crippen LogP contribution in [0.4, 0.5) is 0 Å². The SMILES string of the molecule is CC(C)Cc1ccc2c(n1)oc1c(-c3nc4ccccc4n3-c3c(-c4ccccc4)cccc3-c3ccccc3)[c-]ccc12.[CH3][Ge]([CH3])([CH3])[c]1ccc(-c2[c-]cccc2)nc1.[Ir]. The number of para-hydroxylation sites is 3. The first-order valence-electron chi connectivity index (χ1n) is 20.6. The van der Waals surface area contributed by atoms with Gasteiger partial charge in [0, 0.05) is 42.3 Å².